The van der Waals surface area contributed by atoms with Gasteiger partial charge in [-0.1, -0.05) is 29.8 Å². The standard InChI is InChI=1S/C28H26N6O3S2/c1-18-4-6-21(7-5-18)25-13-8-22(17-29)27(33-25)38-15-14-26(35)32-23-9-11-24(12-10-23)39(36,37)34-28-30-19(2)16-20(3)31-28/h4-13,16H,14-15H2,1-3H3,(H,32,35)(H,30,31,34). The number of carbonyl (C=O) groups is 1. The van der Waals surface area contributed by atoms with Crippen LogP contribution in [0.15, 0.2) is 76.7 Å². The van der Waals surface area contributed by atoms with Gasteiger partial charge in [0.05, 0.1) is 16.2 Å². The molecule has 4 aromatic rings. The van der Waals surface area contributed by atoms with Crippen LogP contribution < -0.4 is 10.0 Å². The average molecular weight is 559 g/mol. The van der Waals surface area contributed by atoms with Gasteiger partial charge in [0, 0.05) is 34.8 Å². The second-order valence-corrected chi connectivity index (χ2v) is 11.5. The van der Waals surface area contributed by atoms with Gasteiger partial charge in [0.25, 0.3) is 10.0 Å². The predicted octanol–water partition coefficient (Wildman–Crippen LogP) is 5.26. The number of sulfonamides is 1. The molecule has 0 saturated heterocycles. The van der Waals surface area contributed by atoms with Gasteiger partial charge in [0.2, 0.25) is 11.9 Å². The van der Waals surface area contributed by atoms with E-state index >= 15 is 0 Å². The molecule has 2 N–H and O–H groups in total. The minimum absolute atomic E-state index is 0.000766. The molecule has 2 aromatic heterocycles. The van der Waals surface area contributed by atoms with Gasteiger partial charge in [-0.3, -0.25) is 4.79 Å². The molecule has 4 rings (SSSR count). The van der Waals surface area contributed by atoms with Crippen molar-refractivity contribution in [2.45, 2.75) is 37.1 Å². The molecule has 2 heterocycles. The molecule has 39 heavy (non-hydrogen) atoms. The molecule has 0 bridgehead atoms. The molecule has 0 fully saturated rings. The van der Waals surface area contributed by atoms with E-state index in [1.807, 2.05) is 37.3 Å². The number of rotatable bonds is 9. The smallest absolute Gasteiger partial charge is 0.264 e. The van der Waals surface area contributed by atoms with Crippen LogP contribution in [0.2, 0.25) is 0 Å². The van der Waals surface area contributed by atoms with Gasteiger partial charge in [0.1, 0.15) is 11.1 Å². The maximum absolute atomic E-state index is 12.7. The number of hydrogen-bond donors (Lipinski definition) is 2. The third-order valence-electron chi connectivity index (χ3n) is 5.55. The fourth-order valence-corrected chi connectivity index (χ4v) is 5.51. The molecule has 0 radical (unpaired) electrons. The lowest BCUT2D eigenvalue weighted by molar-refractivity contribution is -0.115. The number of thioether (sulfide) groups is 1. The van der Waals surface area contributed by atoms with E-state index in [1.54, 1.807) is 26.0 Å². The van der Waals surface area contributed by atoms with Crippen LogP contribution in [0.3, 0.4) is 0 Å². The molecule has 2 aromatic carbocycles. The number of nitrogens with one attached hydrogen (secondary N) is 2. The van der Waals surface area contributed by atoms with Gasteiger partial charge in [-0.05, 0) is 63.2 Å². The first-order valence-corrected chi connectivity index (χ1v) is 14.5. The minimum atomic E-state index is -3.89. The number of benzene rings is 2. The Labute approximate surface area is 231 Å². The summed E-state index contributed by atoms with van der Waals surface area (Å²) in [5, 5.41) is 12.8. The summed E-state index contributed by atoms with van der Waals surface area (Å²) >= 11 is 1.34. The van der Waals surface area contributed by atoms with E-state index in [0.29, 0.717) is 33.4 Å². The Kier molecular flexibility index (Phi) is 8.59. The predicted molar refractivity (Wildman–Crippen MR) is 152 cm³/mol. The highest BCUT2D eigenvalue weighted by atomic mass is 32.2. The molecule has 0 saturated carbocycles. The van der Waals surface area contributed by atoms with Gasteiger partial charge in [-0.15, -0.1) is 11.8 Å². The molecule has 11 heteroatoms. The zero-order chi connectivity index (χ0) is 28.0. The van der Waals surface area contributed by atoms with E-state index in [9.17, 15) is 18.5 Å². The highest BCUT2D eigenvalue weighted by Crippen LogP contribution is 2.26. The summed E-state index contributed by atoms with van der Waals surface area (Å²) in [5.74, 6) is 0.172. The van der Waals surface area contributed by atoms with Crippen molar-refractivity contribution in [3.05, 3.63) is 89.2 Å². The number of carbonyl (C=O) groups excluding carboxylic acids is 1. The van der Waals surface area contributed by atoms with Crippen molar-refractivity contribution in [1.29, 1.82) is 5.26 Å². The molecule has 0 aliphatic rings. The second kappa shape index (κ2) is 12.1. The van der Waals surface area contributed by atoms with Crippen molar-refractivity contribution in [3.8, 4) is 17.3 Å². The van der Waals surface area contributed by atoms with E-state index in [2.05, 4.69) is 31.1 Å². The number of amides is 1. The monoisotopic (exact) mass is 558 g/mol. The van der Waals surface area contributed by atoms with Crippen LogP contribution in [0.4, 0.5) is 11.6 Å². The Morgan fingerprint density at radius 1 is 0.923 bits per heavy atom. The van der Waals surface area contributed by atoms with Crippen LogP contribution in [0.5, 0.6) is 0 Å². The van der Waals surface area contributed by atoms with Crippen molar-refractivity contribution in [3.63, 3.8) is 0 Å². The molecule has 1 amide bonds. The second-order valence-electron chi connectivity index (χ2n) is 8.78. The number of hydrogen-bond acceptors (Lipinski definition) is 8. The van der Waals surface area contributed by atoms with Crippen molar-refractivity contribution < 1.29 is 13.2 Å². The molecule has 198 valence electrons. The summed E-state index contributed by atoms with van der Waals surface area (Å²) in [7, 11) is -3.89. The highest BCUT2D eigenvalue weighted by molar-refractivity contribution is 7.99. The van der Waals surface area contributed by atoms with Gasteiger partial charge in [-0.25, -0.2) is 28.1 Å². The van der Waals surface area contributed by atoms with E-state index in [0.717, 1.165) is 16.8 Å². The Hall–Kier alpha value is -4.27. The topological polar surface area (TPSA) is 138 Å². The van der Waals surface area contributed by atoms with Gasteiger partial charge in [-0.2, -0.15) is 5.26 Å². The van der Waals surface area contributed by atoms with Crippen LogP contribution in [-0.4, -0.2) is 35.0 Å². The van der Waals surface area contributed by atoms with Crippen LogP contribution >= 0.6 is 11.8 Å². The minimum Gasteiger partial charge on any atom is -0.326 e. The number of anilines is 2. The zero-order valence-electron chi connectivity index (χ0n) is 21.6. The molecule has 0 atom stereocenters. The fraction of sp³-hybridized carbons (Fsp3) is 0.179. The Bertz CT molecular complexity index is 1630. The molecule has 0 aliphatic carbocycles. The molecular weight excluding hydrogens is 532 g/mol. The van der Waals surface area contributed by atoms with Crippen LogP contribution in [-0.2, 0) is 14.8 Å². The highest BCUT2D eigenvalue weighted by Gasteiger charge is 2.16. The molecule has 0 unspecified atom stereocenters. The van der Waals surface area contributed by atoms with Crippen molar-refractivity contribution in [1.82, 2.24) is 15.0 Å². The van der Waals surface area contributed by atoms with Crippen LogP contribution in [0.1, 0.15) is 28.9 Å². The summed E-state index contributed by atoms with van der Waals surface area (Å²) < 4.78 is 27.8. The maximum atomic E-state index is 12.7. The summed E-state index contributed by atoms with van der Waals surface area (Å²) in [6.07, 6.45) is 0.178. The lowest BCUT2D eigenvalue weighted by Crippen LogP contribution is -2.16. The molecule has 0 spiro atoms. The van der Waals surface area contributed by atoms with Gasteiger partial charge >= 0.3 is 0 Å². The van der Waals surface area contributed by atoms with Crippen molar-refractivity contribution >= 4 is 39.3 Å². The summed E-state index contributed by atoms with van der Waals surface area (Å²) in [4.78, 5) is 25.4. The lowest BCUT2D eigenvalue weighted by Gasteiger charge is -2.10. The van der Waals surface area contributed by atoms with E-state index in [4.69, 9.17) is 0 Å². The molecular formula is C28H26N6O3S2. The van der Waals surface area contributed by atoms with E-state index in [-0.39, 0.29) is 23.2 Å². The number of nitriles is 1. The summed E-state index contributed by atoms with van der Waals surface area (Å²) in [6.45, 7) is 5.52. The lowest BCUT2D eigenvalue weighted by atomic mass is 10.1. The third kappa shape index (κ3) is 7.40. The largest absolute Gasteiger partial charge is 0.326 e. The van der Waals surface area contributed by atoms with E-state index in [1.165, 1.54) is 36.0 Å². The number of nitrogens with zero attached hydrogens (tertiary/aromatic N) is 4. The summed E-state index contributed by atoms with van der Waals surface area (Å²) in [6, 6.07) is 21.2. The number of pyridine rings is 1. The Morgan fingerprint density at radius 2 is 1.59 bits per heavy atom. The normalized spacial score (nSPS) is 11.0. The maximum Gasteiger partial charge on any atom is 0.264 e. The average Bonchev–Trinajstić information content (AvgIpc) is 2.88. The van der Waals surface area contributed by atoms with Crippen molar-refractivity contribution in [2.75, 3.05) is 15.8 Å². The quantitative estimate of drug-likeness (QED) is 0.266. The first-order valence-electron chi connectivity index (χ1n) is 12.0. The van der Waals surface area contributed by atoms with Gasteiger partial charge < -0.3 is 5.32 Å². The van der Waals surface area contributed by atoms with Crippen LogP contribution in [0, 0.1) is 32.1 Å². The first kappa shape index (κ1) is 27.8. The summed E-state index contributed by atoms with van der Waals surface area (Å²) in [5.41, 5.74) is 5.07. The SMILES string of the molecule is Cc1ccc(-c2ccc(C#N)c(SCCC(=O)Nc3ccc(S(=O)(=O)Nc4nc(C)cc(C)n4)cc3)n2)cc1. The van der Waals surface area contributed by atoms with Gasteiger partial charge in [0.15, 0.2) is 0 Å². The third-order valence-corrected chi connectivity index (χ3v) is 7.89. The zero-order valence-corrected chi connectivity index (χ0v) is 23.2. The Balaban J connectivity index is 1.34. The first-order chi connectivity index (χ1) is 18.6. The fourth-order valence-electron chi connectivity index (χ4n) is 3.65. The van der Waals surface area contributed by atoms with E-state index < -0.39 is 10.0 Å². The van der Waals surface area contributed by atoms with Crippen molar-refractivity contribution in [2.24, 2.45) is 0 Å². The van der Waals surface area contributed by atoms with Crippen LogP contribution in [0.25, 0.3) is 11.3 Å². The molecule has 0 aliphatic heterocycles. The molecule has 9 nitrogen and oxygen atoms in total. The number of aromatic nitrogens is 3. The Morgan fingerprint density at radius 3 is 2.23 bits per heavy atom. The number of aryl methyl sites for hydroxylation is 3.